The molecule has 10 heteroatoms. The van der Waals surface area contributed by atoms with Crippen LogP contribution in [0.2, 0.25) is 0 Å². The molecular formula is C24H20N4O5S. The molecule has 1 aliphatic carbocycles. The zero-order valence-electron chi connectivity index (χ0n) is 18.3. The minimum absolute atomic E-state index is 0.171. The second-order valence-electron chi connectivity index (χ2n) is 8.11. The summed E-state index contributed by atoms with van der Waals surface area (Å²) in [5.41, 5.74) is 1.63. The Balaban J connectivity index is 1.30. The predicted octanol–water partition coefficient (Wildman–Crippen LogP) is 4.75. The van der Waals surface area contributed by atoms with Crippen LogP contribution in [0.25, 0.3) is 10.3 Å². The number of aryl methyl sites for hydroxylation is 1. The first kappa shape index (κ1) is 21.7. The minimum atomic E-state index is -0.797. The maximum Gasteiger partial charge on any atom is 0.412 e. The third kappa shape index (κ3) is 4.02. The van der Waals surface area contributed by atoms with E-state index >= 15 is 0 Å². The lowest BCUT2D eigenvalue weighted by molar-refractivity contribution is -0.139. The smallest absolute Gasteiger partial charge is 0.412 e. The maximum absolute atomic E-state index is 12.4. The van der Waals surface area contributed by atoms with Crippen molar-refractivity contribution in [2.75, 3.05) is 5.32 Å². The van der Waals surface area contributed by atoms with E-state index < -0.39 is 23.6 Å². The Hall–Kier alpha value is -4.10. The molecule has 0 spiro atoms. The lowest BCUT2D eigenvalue weighted by Gasteiger charge is -2.13. The van der Waals surface area contributed by atoms with Gasteiger partial charge in [0.15, 0.2) is 5.82 Å². The van der Waals surface area contributed by atoms with E-state index in [1.807, 2.05) is 36.4 Å². The second-order valence-corrected chi connectivity index (χ2v) is 9.14. The van der Waals surface area contributed by atoms with Crippen molar-refractivity contribution in [3.05, 3.63) is 64.1 Å². The number of carbonyl (C=O) groups is 2. The molecule has 1 atom stereocenters. The van der Waals surface area contributed by atoms with Crippen LogP contribution in [0, 0.1) is 18.8 Å². The summed E-state index contributed by atoms with van der Waals surface area (Å²) in [6.45, 7) is 3.47. The molecule has 9 nitrogen and oxygen atoms in total. The van der Waals surface area contributed by atoms with Gasteiger partial charge in [0.25, 0.3) is 0 Å². The van der Waals surface area contributed by atoms with Crippen LogP contribution in [0.4, 0.5) is 10.5 Å². The summed E-state index contributed by atoms with van der Waals surface area (Å²) in [6.07, 6.45) is 0.202. The Labute approximate surface area is 198 Å². The second kappa shape index (κ2) is 8.35. The van der Waals surface area contributed by atoms with Crippen molar-refractivity contribution in [1.82, 2.24) is 15.1 Å². The Kier molecular flexibility index (Phi) is 5.34. The fraction of sp³-hybridized carbons (Fsp3) is 0.250. The Bertz CT molecular complexity index is 1420. The molecule has 1 aromatic carbocycles. The summed E-state index contributed by atoms with van der Waals surface area (Å²) in [5, 5.41) is 16.0. The van der Waals surface area contributed by atoms with E-state index in [0.717, 1.165) is 16.0 Å². The number of hydrogen-bond acceptors (Lipinski definition) is 7. The van der Waals surface area contributed by atoms with Gasteiger partial charge in [-0.3, -0.25) is 10.1 Å². The van der Waals surface area contributed by atoms with Crippen molar-refractivity contribution in [2.24, 2.45) is 0 Å². The van der Waals surface area contributed by atoms with Gasteiger partial charge in [0.2, 0.25) is 5.76 Å². The van der Waals surface area contributed by atoms with Crippen molar-refractivity contribution in [3.63, 3.8) is 0 Å². The molecule has 0 saturated heterocycles. The van der Waals surface area contributed by atoms with Gasteiger partial charge in [-0.15, -0.1) is 11.3 Å². The Morgan fingerprint density at radius 2 is 2.06 bits per heavy atom. The van der Waals surface area contributed by atoms with E-state index in [9.17, 15) is 14.7 Å². The van der Waals surface area contributed by atoms with E-state index in [2.05, 4.69) is 32.3 Å². The van der Waals surface area contributed by atoms with E-state index in [1.165, 1.54) is 11.3 Å². The number of carboxylic acid groups (broad SMARTS) is 1. The number of imidazole rings is 1. The van der Waals surface area contributed by atoms with Crippen molar-refractivity contribution in [3.8, 4) is 11.8 Å². The molecule has 0 bridgehead atoms. The molecule has 3 aromatic heterocycles. The van der Waals surface area contributed by atoms with Crippen LogP contribution in [0.3, 0.4) is 0 Å². The number of carbonyl (C=O) groups excluding carboxylic acids is 1. The maximum atomic E-state index is 12.4. The van der Waals surface area contributed by atoms with Crippen molar-refractivity contribution in [2.45, 2.75) is 38.2 Å². The number of H-pyrrole nitrogens is 1. The van der Waals surface area contributed by atoms with Gasteiger partial charge in [-0.1, -0.05) is 35.5 Å². The van der Waals surface area contributed by atoms with Crippen LogP contribution in [0.1, 0.15) is 53.6 Å². The molecule has 1 fully saturated rings. The molecule has 0 radical (unpaired) electrons. The number of thiophene rings is 1. The SMILES string of the molecule is Cc1noc(C#Cc2nc3sc(C4(C(=O)O)CC4)cc3[nH]2)c1NC(=O)OC(C)c1ccccc1. The number of ether oxygens (including phenoxy) is 1. The largest absolute Gasteiger partial charge is 0.481 e. The lowest BCUT2D eigenvalue weighted by Crippen LogP contribution is -2.17. The van der Waals surface area contributed by atoms with Crippen molar-refractivity contribution >= 4 is 39.4 Å². The monoisotopic (exact) mass is 476 g/mol. The average molecular weight is 477 g/mol. The molecule has 4 aromatic rings. The van der Waals surface area contributed by atoms with Gasteiger partial charge in [0.1, 0.15) is 27.7 Å². The quantitative estimate of drug-likeness (QED) is 0.354. The fourth-order valence-electron chi connectivity index (χ4n) is 3.60. The normalized spacial score (nSPS) is 14.8. The van der Waals surface area contributed by atoms with Crippen LogP contribution < -0.4 is 5.32 Å². The van der Waals surface area contributed by atoms with Gasteiger partial charge in [0.05, 0.1) is 5.52 Å². The summed E-state index contributed by atoms with van der Waals surface area (Å²) in [4.78, 5) is 33.0. The number of amides is 1. The first-order valence-corrected chi connectivity index (χ1v) is 11.4. The third-order valence-electron chi connectivity index (χ3n) is 5.75. The van der Waals surface area contributed by atoms with E-state index in [-0.39, 0.29) is 5.76 Å². The summed E-state index contributed by atoms with van der Waals surface area (Å²) >= 11 is 1.36. The molecule has 1 aliphatic rings. The van der Waals surface area contributed by atoms with E-state index in [1.54, 1.807) is 13.8 Å². The molecule has 1 unspecified atom stereocenters. The minimum Gasteiger partial charge on any atom is -0.481 e. The highest BCUT2D eigenvalue weighted by Crippen LogP contribution is 2.51. The third-order valence-corrected chi connectivity index (χ3v) is 6.98. The van der Waals surface area contributed by atoms with E-state index in [4.69, 9.17) is 9.26 Å². The van der Waals surface area contributed by atoms with Crippen LogP contribution in [0.5, 0.6) is 0 Å². The standard InChI is InChI=1S/C24H20N4O5S/c1-13-20(27-23(31)32-14(2)15-6-4-3-5-7-15)17(33-28-13)8-9-19-25-16-12-18(34-21(16)26-19)24(10-11-24)22(29)30/h3-7,12,14H,10-11H2,1-2H3,(H,25,26)(H,27,31)(H,29,30). The number of aromatic nitrogens is 3. The summed E-state index contributed by atoms with van der Waals surface area (Å²) in [5.74, 6) is 5.48. The number of aromatic amines is 1. The highest BCUT2D eigenvalue weighted by Gasteiger charge is 2.53. The summed E-state index contributed by atoms with van der Waals surface area (Å²) in [7, 11) is 0. The number of fused-ring (bicyclic) bond motifs is 1. The molecule has 3 N–H and O–H groups in total. The first-order chi connectivity index (χ1) is 16.4. The van der Waals surface area contributed by atoms with Gasteiger partial charge in [-0.25, -0.2) is 9.78 Å². The van der Waals surface area contributed by atoms with Crippen molar-refractivity contribution in [1.29, 1.82) is 0 Å². The Morgan fingerprint density at radius 1 is 1.29 bits per heavy atom. The molecule has 0 aliphatic heterocycles. The van der Waals surface area contributed by atoms with Crippen LogP contribution in [-0.4, -0.2) is 32.3 Å². The van der Waals surface area contributed by atoms with Crippen LogP contribution >= 0.6 is 11.3 Å². The number of nitrogens with zero attached hydrogens (tertiary/aromatic N) is 2. The molecular weight excluding hydrogens is 456 g/mol. The van der Waals surface area contributed by atoms with Gasteiger partial charge >= 0.3 is 12.1 Å². The summed E-state index contributed by atoms with van der Waals surface area (Å²) in [6, 6.07) is 11.2. The number of aliphatic carboxylic acids is 1. The first-order valence-electron chi connectivity index (χ1n) is 10.6. The number of benzene rings is 1. The number of rotatable bonds is 5. The molecule has 172 valence electrons. The molecule has 5 rings (SSSR count). The van der Waals surface area contributed by atoms with Gasteiger partial charge in [-0.05, 0) is 50.2 Å². The molecule has 34 heavy (non-hydrogen) atoms. The molecule has 1 amide bonds. The number of carboxylic acids is 1. The van der Waals surface area contributed by atoms with Crippen LogP contribution in [0.15, 0.2) is 40.9 Å². The topological polar surface area (TPSA) is 130 Å². The number of anilines is 1. The van der Waals surface area contributed by atoms with Crippen LogP contribution in [-0.2, 0) is 14.9 Å². The molecule has 3 heterocycles. The average Bonchev–Trinajstić information content (AvgIpc) is 3.26. The van der Waals surface area contributed by atoms with Crippen molar-refractivity contribution < 1.29 is 24.0 Å². The van der Waals surface area contributed by atoms with Gasteiger partial charge in [0, 0.05) is 4.88 Å². The Morgan fingerprint density at radius 3 is 2.74 bits per heavy atom. The predicted molar refractivity (Wildman–Crippen MR) is 125 cm³/mol. The van der Waals surface area contributed by atoms with E-state index in [0.29, 0.717) is 34.9 Å². The highest BCUT2D eigenvalue weighted by atomic mass is 32.1. The zero-order chi connectivity index (χ0) is 23.9. The molecule has 1 saturated carbocycles. The fourth-order valence-corrected chi connectivity index (χ4v) is 4.83. The number of nitrogens with one attached hydrogen (secondary N) is 2. The highest BCUT2D eigenvalue weighted by molar-refractivity contribution is 7.18. The lowest BCUT2D eigenvalue weighted by atomic mass is 10.1. The zero-order valence-corrected chi connectivity index (χ0v) is 19.2. The van der Waals surface area contributed by atoms with Gasteiger partial charge < -0.3 is 19.4 Å². The summed E-state index contributed by atoms with van der Waals surface area (Å²) < 4.78 is 10.7. The van der Waals surface area contributed by atoms with Gasteiger partial charge in [-0.2, -0.15) is 0 Å². The number of hydrogen-bond donors (Lipinski definition) is 3.